The van der Waals surface area contributed by atoms with Gasteiger partial charge >= 0.3 is 5.97 Å². The molecule has 0 aliphatic carbocycles. The third kappa shape index (κ3) is 5.53. The van der Waals surface area contributed by atoms with Crippen LogP contribution in [0.25, 0.3) is 0 Å². The van der Waals surface area contributed by atoms with Crippen molar-refractivity contribution in [2.45, 2.75) is 11.4 Å². The molecule has 0 aromatic heterocycles. The van der Waals surface area contributed by atoms with Gasteiger partial charge in [-0.2, -0.15) is 0 Å². The van der Waals surface area contributed by atoms with Crippen molar-refractivity contribution in [2.24, 2.45) is 0 Å². The van der Waals surface area contributed by atoms with Gasteiger partial charge < -0.3 is 15.0 Å². The maximum absolute atomic E-state index is 12.1. The lowest BCUT2D eigenvalue weighted by atomic mass is 10.2. The van der Waals surface area contributed by atoms with Crippen molar-refractivity contribution >= 4 is 29.3 Å². The van der Waals surface area contributed by atoms with Crippen molar-refractivity contribution in [1.82, 2.24) is 5.32 Å². The quantitative estimate of drug-likeness (QED) is 0.609. The molecule has 1 N–H and O–H groups in total. The highest BCUT2D eigenvalue weighted by molar-refractivity contribution is 7.98. The summed E-state index contributed by atoms with van der Waals surface area (Å²) < 4.78 is 5.10. The summed E-state index contributed by atoms with van der Waals surface area (Å²) in [5.41, 5.74) is 2.55. The van der Waals surface area contributed by atoms with Crippen LogP contribution in [0.1, 0.15) is 15.9 Å². The number of hydrogen-bond acceptors (Lipinski definition) is 5. The fraction of sp³-hybridized carbons (Fsp3) is 0.263. The lowest BCUT2D eigenvalue weighted by Gasteiger charge is -2.13. The second-order valence-electron chi connectivity index (χ2n) is 5.61. The molecule has 0 fully saturated rings. The minimum Gasteiger partial charge on any atom is -0.452 e. The van der Waals surface area contributed by atoms with Crippen LogP contribution in [-0.2, 0) is 16.1 Å². The fourth-order valence-corrected chi connectivity index (χ4v) is 2.77. The van der Waals surface area contributed by atoms with Gasteiger partial charge in [0.25, 0.3) is 5.91 Å². The smallest absolute Gasteiger partial charge is 0.339 e. The van der Waals surface area contributed by atoms with Crippen LogP contribution >= 0.6 is 11.8 Å². The van der Waals surface area contributed by atoms with Gasteiger partial charge in [-0.25, -0.2) is 4.79 Å². The van der Waals surface area contributed by atoms with E-state index in [4.69, 9.17) is 4.74 Å². The van der Waals surface area contributed by atoms with Crippen LogP contribution in [-0.4, -0.2) is 38.8 Å². The SMILES string of the molecule is CSc1ccccc1C(=O)OCC(=O)NCc1ccc(N(C)C)cc1. The summed E-state index contributed by atoms with van der Waals surface area (Å²) in [6.45, 7) is 0.100. The zero-order valence-corrected chi connectivity index (χ0v) is 15.4. The molecule has 0 heterocycles. The number of esters is 1. The predicted octanol–water partition coefficient (Wildman–Crippen LogP) is 2.95. The number of anilines is 1. The Morgan fingerprint density at radius 2 is 1.76 bits per heavy atom. The molecule has 5 nitrogen and oxygen atoms in total. The number of nitrogens with one attached hydrogen (secondary N) is 1. The van der Waals surface area contributed by atoms with E-state index in [1.165, 1.54) is 11.8 Å². The van der Waals surface area contributed by atoms with Crippen molar-refractivity contribution in [3.8, 4) is 0 Å². The van der Waals surface area contributed by atoms with Gasteiger partial charge in [-0.1, -0.05) is 24.3 Å². The second kappa shape index (κ2) is 9.13. The monoisotopic (exact) mass is 358 g/mol. The Morgan fingerprint density at radius 1 is 1.08 bits per heavy atom. The molecule has 0 aliphatic rings. The average Bonchev–Trinajstić information content (AvgIpc) is 2.64. The largest absolute Gasteiger partial charge is 0.452 e. The molecule has 2 aromatic carbocycles. The Labute approximate surface area is 152 Å². The molecule has 0 aliphatic heterocycles. The number of carbonyl (C=O) groups excluding carboxylic acids is 2. The average molecular weight is 358 g/mol. The van der Waals surface area contributed by atoms with Crippen molar-refractivity contribution in [1.29, 1.82) is 0 Å². The summed E-state index contributed by atoms with van der Waals surface area (Å²) in [6, 6.07) is 15.1. The molecule has 0 saturated heterocycles. The number of rotatable bonds is 7. The third-order valence-electron chi connectivity index (χ3n) is 3.60. The van der Waals surface area contributed by atoms with Gasteiger partial charge in [-0.15, -0.1) is 11.8 Å². The van der Waals surface area contributed by atoms with E-state index >= 15 is 0 Å². The highest BCUT2D eigenvalue weighted by Gasteiger charge is 2.13. The van der Waals surface area contributed by atoms with E-state index in [0.717, 1.165) is 16.1 Å². The molecule has 2 rings (SSSR count). The first-order valence-corrected chi connectivity index (χ1v) is 9.07. The first kappa shape index (κ1) is 18.9. The molecule has 0 spiro atoms. The van der Waals surface area contributed by atoms with Gasteiger partial charge in [0.15, 0.2) is 6.61 Å². The zero-order valence-electron chi connectivity index (χ0n) is 14.6. The Hall–Kier alpha value is -2.47. The molecule has 6 heteroatoms. The zero-order chi connectivity index (χ0) is 18.2. The van der Waals surface area contributed by atoms with Gasteiger partial charge in [0.2, 0.25) is 0 Å². The van der Waals surface area contributed by atoms with Crippen LogP contribution in [0.3, 0.4) is 0 Å². The van der Waals surface area contributed by atoms with Gasteiger partial charge in [0.1, 0.15) is 0 Å². The first-order chi connectivity index (χ1) is 12.0. The molecular formula is C19H22N2O3S. The van der Waals surface area contributed by atoms with Crippen molar-refractivity contribution in [3.05, 3.63) is 59.7 Å². The normalized spacial score (nSPS) is 10.2. The van der Waals surface area contributed by atoms with Gasteiger partial charge in [-0.3, -0.25) is 4.79 Å². The lowest BCUT2D eigenvalue weighted by molar-refractivity contribution is -0.124. The highest BCUT2D eigenvalue weighted by Crippen LogP contribution is 2.20. The third-order valence-corrected chi connectivity index (χ3v) is 4.40. The Kier molecular flexibility index (Phi) is 6.89. The molecular weight excluding hydrogens is 336 g/mol. The predicted molar refractivity (Wildman–Crippen MR) is 101 cm³/mol. The standard InChI is InChI=1S/C19H22N2O3S/c1-21(2)15-10-8-14(9-11-15)12-20-18(22)13-24-19(23)16-6-4-5-7-17(16)25-3/h4-11H,12-13H2,1-3H3,(H,20,22). The van der Waals surface area contributed by atoms with Crippen molar-refractivity contribution in [2.75, 3.05) is 31.9 Å². The number of nitrogens with zero attached hydrogens (tertiary/aromatic N) is 1. The lowest BCUT2D eigenvalue weighted by Crippen LogP contribution is -2.28. The number of hydrogen-bond donors (Lipinski definition) is 1. The number of benzene rings is 2. The van der Waals surface area contributed by atoms with E-state index in [1.807, 2.05) is 61.6 Å². The highest BCUT2D eigenvalue weighted by atomic mass is 32.2. The van der Waals surface area contributed by atoms with E-state index in [0.29, 0.717) is 12.1 Å². The van der Waals surface area contributed by atoms with E-state index in [2.05, 4.69) is 5.32 Å². The summed E-state index contributed by atoms with van der Waals surface area (Å²) >= 11 is 1.46. The number of ether oxygens (including phenoxy) is 1. The van der Waals surface area contributed by atoms with E-state index in [1.54, 1.807) is 12.1 Å². The van der Waals surface area contributed by atoms with Crippen molar-refractivity contribution in [3.63, 3.8) is 0 Å². The maximum atomic E-state index is 12.1. The number of amides is 1. The minimum atomic E-state index is -0.490. The van der Waals surface area contributed by atoms with E-state index < -0.39 is 5.97 Å². The molecule has 0 saturated carbocycles. The Bertz CT molecular complexity index is 730. The topological polar surface area (TPSA) is 58.6 Å². The van der Waals surface area contributed by atoms with Crippen LogP contribution in [0.5, 0.6) is 0 Å². The van der Waals surface area contributed by atoms with Gasteiger partial charge in [0, 0.05) is 31.2 Å². The van der Waals surface area contributed by atoms with Crippen molar-refractivity contribution < 1.29 is 14.3 Å². The summed E-state index contributed by atoms with van der Waals surface area (Å²) in [6.07, 6.45) is 1.89. The van der Waals surface area contributed by atoms with Gasteiger partial charge in [0.05, 0.1) is 5.56 Å². The van der Waals surface area contributed by atoms with Crippen LogP contribution in [0, 0.1) is 0 Å². The molecule has 25 heavy (non-hydrogen) atoms. The second-order valence-corrected chi connectivity index (χ2v) is 6.46. The van der Waals surface area contributed by atoms with Crippen LogP contribution in [0.2, 0.25) is 0 Å². The molecule has 2 aromatic rings. The van der Waals surface area contributed by atoms with E-state index in [-0.39, 0.29) is 12.5 Å². The summed E-state index contributed by atoms with van der Waals surface area (Å²) in [7, 11) is 3.95. The molecule has 0 bridgehead atoms. The molecule has 0 atom stereocenters. The first-order valence-electron chi connectivity index (χ1n) is 7.84. The number of carbonyl (C=O) groups is 2. The molecule has 132 valence electrons. The van der Waals surface area contributed by atoms with Gasteiger partial charge in [-0.05, 0) is 36.1 Å². The maximum Gasteiger partial charge on any atom is 0.339 e. The minimum absolute atomic E-state index is 0.294. The molecule has 0 unspecified atom stereocenters. The summed E-state index contributed by atoms with van der Waals surface area (Å²) in [4.78, 5) is 26.8. The number of thioether (sulfide) groups is 1. The molecule has 0 radical (unpaired) electrons. The van der Waals surface area contributed by atoms with Crippen LogP contribution < -0.4 is 10.2 Å². The molecule has 1 amide bonds. The van der Waals surface area contributed by atoms with Crippen LogP contribution in [0.15, 0.2) is 53.4 Å². The van der Waals surface area contributed by atoms with Crippen LogP contribution in [0.4, 0.5) is 5.69 Å². The van der Waals surface area contributed by atoms with E-state index in [9.17, 15) is 9.59 Å². The fourth-order valence-electron chi connectivity index (χ4n) is 2.19. The summed E-state index contributed by atoms with van der Waals surface area (Å²) in [5.74, 6) is -0.817. The Morgan fingerprint density at radius 3 is 2.40 bits per heavy atom. The Balaban J connectivity index is 1.81. The summed E-state index contributed by atoms with van der Waals surface area (Å²) in [5, 5.41) is 2.75.